The van der Waals surface area contributed by atoms with Gasteiger partial charge in [-0.3, -0.25) is 0 Å². The molecule has 2 N–H and O–H groups in total. The number of phenols is 1. The molecule has 0 aromatic heterocycles. The molecule has 0 aliphatic rings. The molecule has 0 radical (unpaired) electrons. The number of rotatable bonds is 7. The molecule has 1 rings (SSSR count). The van der Waals surface area contributed by atoms with Crippen LogP contribution < -0.4 is 4.74 Å². The van der Waals surface area contributed by atoms with E-state index in [1.54, 1.807) is 6.07 Å². The van der Waals surface area contributed by atoms with E-state index in [0.717, 1.165) is 55.2 Å². The van der Waals surface area contributed by atoms with Gasteiger partial charge in [0.25, 0.3) is 0 Å². The number of aryl methyl sites for hydroxylation is 1. The summed E-state index contributed by atoms with van der Waals surface area (Å²) in [5, 5.41) is 19.0. The van der Waals surface area contributed by atoms with Gasteiger partial charge >= 0.3 is 6.16 Å². The first-order valence-corrected chi connectivity index (χ1v) is 7.26. The third-order valence-electron chi connectivity index (χ3n) is 3.54. The van der Waals surface area contributed by atoms with E-state index in [2.05, 4.69) is 13.8 Å². The van der Waals surface area contributed by atoms with Crippen molar-refractivity contribution in [1.82, 2.24) is 0 Å². The fourth-order valence-corrected chi connectivity index (χ4v) is 2.31. The molecule has 1 aromatic rings. The van der Waals surface area contributed by atoms with Gasteiger partial charge in [0.15, 0.2) is 11.5 Å². The zero-order valence-electron chi connectivity index (χ0n) is 12.5. The minimum absolute atomic E-state index is 0.0291. The lowest BCUT2D eigenvalue weighted by molar-refractivity contribution is 0.142. The molecule has 0 heterocycles. The predicted octanol–water partition coefficient (Wildman–Crippen LogP) is 4.44. The number of ether oxygens (including phenoxy) is 1. The van der Waals surface area contributed by atoms with Crippen LogP contribution in [0.2, 0.25) is 0 Å². The molecular weight excluding hydrogens is 256 g/mol. The van der Waals surface area contributed by atoms with Gasteiger partial charge < -0.3 is 14.9 Å². The van der Waals surface area contributed by atoms with Crippen LogP contribution in [0.25, 0.3) is 0 Å². The Balaban J connectivity index is 3.20. The number of phenolic OH excluding ortho intramolecular Hbond substituents is 1. The van der Waals surface area contributed by atoms with Crippen molar-refractivity contribution < 1.29 is 19.7 Å². The van der Waals surface area contributed by atoms with Crippen molar-refractivity contribution in [3.63, 3.8) is 0 Å². The molecule has 20 heavy (non-hydrogen) atoms. The van der Waals surface area contributed by atoms with E-state index in [9.17, 15) is 9.90 Å². The van der Waals surface area contributed by atoms with Crippen molar-refractivity contribution in [1.29, 1.82) is 0 Å². The minimum atomic E-state index is -1.40. The number of carboxylic acid groups (broad SMARTS) is 1. The van der Waals surface area contributed by atoms with Crippen LogP contribution in [0, 0.1) is 6.92 Å². The molecule has 0 saturated carbocycles. The Hall–Kier alpha value is -1.71. The average Bonchev–Trinajstić information content (AvgIpc) is 2.40. The fraction of sp³-hybridized carbons (Fsp3) is 0.562. The molecule has 0 amide bonds. The molecule has 4 heteroatoms. The Bertz CT molecular complexity index is 466. The Morgan fingerprint density at radius 1 is 1.20 bits per heavy atom. The molecular formula is C16H24O4. The molecule has 0 aliphatic heterocycles. The van der Waals surface area contributed by atoms with E-state index in [0.29, 0.717) is 0 Å². The summed E-state index contributed by atoms with van der Waals surface area (Å²) < 4.78 is 4.71. The van der Waals surface area contributed by atoms with Crippen molar-refractivity contribution in [2.45, 2.75) is 59.3 Å². The molecule has 0 bridgehead atoms. The molecule has 0 spiro atoms. The standard InChI is InChI=1S/C16H24O4/c1-4-6-8-12-10-14(20-16(18)19)15(17)13(11(12)3)9-7-5-2/h10,17H,4-9H2,1-3H3,(H,18,19). The zero-order chi connectivity index (χ0) is 15.1. The van der Waals surface area contributed by atoms with E-state index in [-0.39, 0.29) is 11.5 Å². The summed E-state index contributed by atoms with van der Waals surface area (Å²) in [6.07, 6.45) is 4.30. The number of benzene rings is 1. The van der Waals surface area contributed by atoms with Crippen LogP contribution in [0.5, 0.6) is 11.5 Å². The van der Waals surface area contributed by atoms with Crippen molar-refractivity contribution in [3.05, 3.63) is 22.8 Å². The molecule has 0 unspecified atom stereocenters. The Morgan fingerprint density at radius 3 is 2.35 bits per heavy atom. The number of hydrogen-bond donors (Lipinski definition) is 2. The molecule has 4 nitrogen and oxygen atoms in total. The highest BCUT2D eigenvalue weighted by Gasteiger charge is 2.17. The van der Waals surface area contributed by atoms with E-state index in [1.807, 2.05) is 6.92 Å². The summed E-state index contributed by atoms with van der Waals surface area (Å²) in [6.45, 7) is 6.19. The average molecular weight is 280 g/mol. The minimum Gasteiger partial charge on any atom is -0.504 e. The zero-order valence-corrected chi connectivity index (χ0v) is 12.5. The summed E-state index contributed by atoms with van der Waals surface area (Å²) in [5.74, 6) is 0.0268. The maximum Gasteiger partial charge on any atom is 0.511 e. The lowest BCUT2D eigenvalue weighted by Crippen LogP contribution is -2.06. The van der Waals surface area contributed by atoms with Crippen LogP contribution in [-0.4, -0.2) is 16.4 Å². The van der Waals surface area contributed by atoms with Crippen LogP contribution in [-0.2, 0) is 12.8 Å². The summed E-state index contributed by atoms with van der Waals surface area (Å²) >= 11 is 0. The van der Waals surface area contributed by atoms with Crippen LogP contribution in [0.4, 0.5) is 4.79 Å². The van der Waals surface area contributed by atoms with Crippen LogP contribution in [0.15, 0.2) is 6.07 Å². The molecule has 1 aromatic carbocycles. The fourth-order valence-electron chi connectivity index (χ4n) is 2.31. The van der Waals surface area contributed by atoms with E-state index < -0.39 is 6.16 Å². The van der Waals surface area contributed by atoms with Crippen LogP contribution >= 0.6 is 0 Å². The topological polar surface area (TPSA) is 66.8 Å². The van der Waals surface area contributed by atoms with Gasteiger partial charge in [0, 0.05) is 5.56 Å². The second kappa shape index (κ2) is 7.78. The normalized spacial score (nSPS) is 10.6. The first-order chi connectivity index (χ1) is 9.51. The number of unbranched alkanes of at least 4 members (excludes halogenated alkanes) is 2. The van der Waals surface area contributed by atoms with Crippen LogP contribution in [0.3, 0.4) is 0 Å². The van der Waals surface area contributed by atoms with Gasteiger partial charge in [-0.25, -0.2) is 4.79 Å². The maximum atomic E-state index is 10.7. The van der Waals surface area contributed by atoms with Gasteiger partial charge in [0.1, 0.15) is 0 Å². The van der Waals surface area contributed by atoms with E-state index in [1.165, 1.54) is 0 Å². The quantitative estimate of drug-likeness (QED) is 0.572. The summed E-state index contributed by atoms with van der Waals surface area (Å²) in [7, 11) is 0. The number of aromatic hydroxyl groups is 1. The van der Waals surface area contributed by atoms with Gasteiger partial charge in [-0.1, -0.05) is 26.7 Å². The highest BCUT2D eigenvalue weighted by atomic mass is 16.7. The molecule has 0 fully saturated rings. The van der Waals surface area contributed by atoms with Crippen LogP contribution in [0.1, 0.15) is 56.2 Å². The summed E-state index contributed by atoms with van der Waals surface area (Å²) in [4.78, 5) is 10.7. The second-order valence-corrected chi connectivity index (χ2v) is 5.06. The van der Waals surface area contributed by atoms with Gasteiger partial charge in [-0.15, -0.1) is 0 Å². The molecule has 0 atom stereocenters. The van der Waals surface area contributed by atoms with Gasteiger partial charge in [-0.05, 0) is 49.8 Å². The highest BCUT2D eigenvalue weighted by molar-refractivity contribution is 5.65. The third-order valence-corrected chi connectivity index (χ3v) is 3.54. The predicted molar refractivity (Wildman–Crippen MR) is 78.7 cm³/mol. The van der Waals surface area contributed by atoms with Crippen molar-refractivity contribution in [3.8, 4) is 11.5 Å². The monoisotopic (exact) mass is 280 g/mol. The van der Waals surface area contributed by atoms with Crippen molar-refractivity contribution >= 4 is 6.16 Å². The maximum absolute atomic E-state index is 10.7. The Labute approximate surface area is 120 Å². The largest absolute Gasteiger partial charge is 0.511 e. The SMILES string of the molecule is CCCCc1cc(OC(=O)O)c(O)c(CCCC)c1C. The first-order valence-electron chi connectivity index (χ1n) is 7.26. The summed E-state index contributed by atoms with van der Waals surface area (Å²) in [5.41, 5.74) is 2.94. The highest BCUT2D eigenvalue weighted by Crippen LogP contribution is 2.36. The molecule has 0 aliphatic carbocycles. The lowest BCUT2D eigenvalue weighted by atomic mass is 9.94. The van der Waals surface area contributed by atoms with E-state index >= 15 is 0 Å². The van der Waals surface area contributed by atoms with E-state index in [4.69, 9.17) is 9.84 Å². The summed E-state index contributed by atoms with van der Waals surface area (Å²) in [6, 6.07) is 1.66. The lowest BCUT2D eigenvalue weighted by Gasteiger charge is -2.16. The number of hydrogen-bond acceptors (Lipinski definition) is 3. The first kappa shape index (κ1) is 16.3. The third kappa shape index (κ3) is 4.15. The Morgan fingerprint density at radius 2 is 1.80 bits per heavy atom. The van der Waals surface area contributed by atoms with Crippen molar-refractivity contribution in [2.75, 3.05) is 0 Å². The number of carbonyl (C=O) groups is 1. The Kier molecular flexibility index (Phi) is 6.36. The second-order valence-electron chi connectivity index (χ2n) is 5.06. The van der Waals surface area contributed by atoms with Crippen molar-refractivity contribution in [2.24, 2.45) is 0 Å². The van der Waals surface area contributed by atoms with Gasteiger partial charge in [0.2, 0.25) is 0 Å². The molecule has 112 valence electrons. The smallest absolute Gasteiger partial charge is 0.504 e. The van der Waals surface area contributed by atoms with Gasteiger partial charge in [0.05, 0.1) is 0 Å². The molecule has 0 saturated heterocycles. The van der Waals surface area contributed by atoms with Gasteiger partial charge in [-0.2, -0.15) is 0 Å².